The number of hydrogen-bond donors (Lipinski definition) is 1. The highest BCUT2D eigenvalue weighted by Gasteiger charge is 2.19. The van der Waals surface area contributed by atoms with E-state index in [-0.39, 0.29) is 12.4 Å². The largest absolute Gasteiger partial charge is 0.497 e. The number of carbonyl (C=O) groups excluding carboxylic acids is 1. The van der Waals surface area contributed by atoms with Crippen LogP contribution in [0, 0.1) is 0 Å². The first-order valence-corrected chi connectivity index (χ1v) is 5.14. The summed E-state index contributed by atoms with van der Waals surface area (Å²) >= 11 is 0. The Balaban J connectivity index is 3.00. The number of ether oxygens (including phenoxy) is 3. The molecule has 0 fully saturated rings. The molecule has 2 N–H and O–H groups in total. The zero-order valence-corrected chi connectivity index (χ0v) is 10.2. The van der Waals surface area contributed by atoms with Crippen LogP contribution in [0.3, 0.4) is 0 Å². The number of methoxy groups -OCH3 is 3. The molecule has 5 heteroatoms. The number of carbonyl (C=O) groups is 1. The van der Waals surface area contributed by atoms with Gasteiger partial charge < -0.3 is 19.9 Å². The normalized spacial score (nSPS) is 12.0. The van der Waals surface area contributed by atoms with Crippen molar-refractivity contribution in [3.05, 3.63) is 23.8 Å². The van der Waals surface area contributed by atoms with Crippen molar-refractivity contribution < 1.29 is 19.0 Å². The van der Waals surface area contributed by atoms with Gasteiger partial charge in [-0.15, -0.1) is 0 Å². The first kappa shape index (κ1) is 13.5. The zero-order valence-electron chi connectivity index (χ0n) is 10.2. The Hall–Kier alpha value is -1.59. The SMILES string of the molecule is COCC(N)C(=O)c1ccc(OC)cc1OC. The average Bonchev–Trinajstić information content (AvgIpc) is 2.37. The van der Waals surface area contributed by atoms with Crippen LogP contribution in [0.2, 0.25) is 0 Å². The monoisotopic (exact) mass is 239 g/mol. The number of benzene rings is 1. The number of hydrogen-bond acceptors (Lipinski definition) is 5. The standard InChI is InChI=1S/C12H17NO4/c1-15-7-10(13)12(14)9-5-4-8(16-2)6-11(9)17-3/h4-6,10H,7,13H2,1-3H3. The lowest BCUT2D eigenvalue weighted by atomic mass is 10.0. The molecule has 0 spiro atoms. The smallest absolute Gasteiger partial charge is 0.185 e. The Morgan fingerprint density at radius 2 is 2.00 bits per heavy atom. The second-order valence-electron chi connectivity index (χ2n) is 3.49. The average molecular weight is 239 g/mol. The quantitative estimate of drug-likeness (QED) is 0.745. The van der Waals surface area contributed by atoms with Crippen molar-refractivity contribution in [3.8, 4) is 11.5 Å². The Bertz CT molecular complexity index is 392. The van der Waals surface area contributed by atoms with Crippen molar-refractivity contribution in [2.24, 2.45) is 5.73 Å². The summed E-state index contributed by atoms with van der Waals surface area (Å²) in [6.45, 7) is 0.175. The topological polar surface area (TPSA) is 70.8 Å². The first-order valence-electron chi connectivity index (χ1n) is 5.14. The zero-order chi connectivity index (χ0) is 12.8. The van der Waals surface area contributed by atoms with Crippen LogP contribution < -0.4 is 15.2 Å². The highest BCUT2D eigenvalue weighted by atomic mass is 16.5. The van der Waals surface area contributed by atoms with Gasteiger partial charge in [-0.25, -0.2) is 0 Å². The molecule has 5 nitrogen and oxygen atoms in total. The third-order valence-electron chi connectivity index (χ3n) is 2.36. The Kier molecular flexibility index (Phi) is 4.93. The maximum atomic E-state index is 12.0. The van der Waals surface area contributed by atoms with Crippen molar-refractivity contribution in [3.63, 3.8) is 0 Å². The molecule has 0 aromatic heterocycles. The van der Waals surface area contributed by atoms with Crippen molar-refractivity contribution >= 4 is 5.78 Å². The predicted molar refractivity (Wildman–Crippen MR) is 63.7 cm³/mol. The van der Waals surface area contributed by atoms with Gasteiger partial charge in [-0.1, -0.05) is 0 Å². The molecule has 0 radical (unpaired) electrons. The Labute approximate surface area is 100 Å². The minimum Gasteiger partial charge on any atom is -0.497 e. The summed E-state index contributed by atoms with van der Waals surface area (Å²) in [5, 5.41) is 0. The summed E-state index contributed by atoms with van der Waals surface area (Å²) in [4.78, 5) is 12.0. The highest BCUT2D eigenvalue weighted by molar-refractivity contribution is 6.02. The van der Waals surface area contributed by atoms with E-state index in [1.807, 2.05) is 0 Å². The summed E-state index contributed by atoms with van der Waals surface area (Å²) in [6.07, 6.45) is 0. The fraction of sp³-hybridized carbons (Fsp3) is 0.417. The van der Waals surface area contributed by atoms with Crippen LogP contribution in [0.1, 0.15) is 10.4 Å². The number of ketones is 1. The summed E-state index contributed by atoms with van der Waals surface area (Å²) < 4.78 is 15.0. The number of nitrogens with two attached hydrogens (primary N) is 1. The molecule has 94 valence electrons. The van der Waals surface area contributed by atoms with E-state index in [9.17, 15) is 4.79 Å². The molecule has 0 aliphatic heterocycles. The lowest BCUT2D eigenvalue weighted by molar-refractivity contribution is 0.0889. The van der Waals surface area contributed by atoms with Crippen molar-refractivity contribution in [1.82, 2.24) is 0 Å². The van der Waals surface area contributed by atoms with E-state index in [0.29, 0.717) is 17.1 Å². The molecule has 17 heavy (non-hydrogen) atoms. The fourth-order valence-corrected chi connectivity index (χ4v) is 1.46. The molecule has 0 heterocycles. The number of rotatable bonds is 6. The van der Waals surface area contributed by atoms with E-state index in [0.717, 1.165) is 0 Å². The number of Topliss-reactive ketones (excluding diaryl/α,β-unsaturated/α-hetero) is 1. The maximum Gasteiger partial charge on any atom is 0.185 e. The minimum absolute atomic E-state index is 0.175. The van der Waals surface area contributed by atoms with Gasteiger partial charge in [0.2, 0.25) is 0 Å². The van der Waals surface area contributed by atoms with Gasteiger partial charge in [0.1, 0.15) is 11.5 Å². The molecule has 0 saturated carbocycles. The van der Waals surface area contributed by atoms with Crippen molar-refractivity contribution in [2.75, 3.05) is 27.9 Å². The Morgan fingerprint density at radius 3 is 2.53 bits per heavy atom. The summed E-state index contributed by atoms with van der Waals surface area (Å²) in [7, 11) is 4.54. The Morgan fingerprint density at radius 1 is 1.29 bits per heavy atom. The van der Waals surface area contributed by atoms with Gasteiger partial charge in [-0.3, -0.25) is 4.79 Å². The van der Waals surface area contributed by atoms with Gasteiger partial charge in [-0.2, -0.15) is 0 Å². The van der Waals surface area contributed by atoms with Crippen LogP contribution in [0.5, 0.6) is 11.5 Å². The van der Waals surface area contributed by atoms with Crippen LogP contribution in [0.4, 0.5) is 0 Å². The van der Waals surface area contributed by atoms with Crippen LogP contribution in [0.15, 0.2) is 18.2 Å². The lowest BCUT2D eigenvalue weighted by Gasteiger charge is -2.13. The van der Waals surface area contributed by atoms with Crippen molar-refractivity contribution in [1.29, 1.82) is 0 Å². The third kappa shape index (κ3) is 3.18. The summed E-state index contributed by atoms with van der Waals surface area (Å²) in [5.74, 6) is 0.853. The van der Waals surface area contributed by atoms with E-state index >= 15 is 0 Å². The van der Waals surface area contributed by atoms with E-state index in [2.05, 4.69) is 0 Å². The second-order valence-corrected chi connectivity index (χ2v) is 3.49. The molecule has 1 atom stereocenters. The van der Waals surface area contributed by atoms with Crippen LogP contribution in [-0.2, 0) is 4.74 Å². The molecule has 1 unspecified atom stereocenters. The second kappa shape index (κ2) is 6.22. The predicted octanol–water partition coefficient (Wildman–Crippen LogP) is 0.860. The van der Waals surface area contributed by atoms with Crippen LogP contribution >= 0.6 is 0 Å². The van der Waals surface area contributed by atoms with Gasteiger partial charge in [0.05, 0.1) is 32.4 Å². The van der Waals surface area contributed by atoms with Gasteiger partial charge in [0, 0.05) is 13.2 Å². The van der Waals surface area contributed by atoms with E-state index in [4.69, 9.17) is 19.9 Å². The maximum absolute atomic E-state index is 12.0. The molecule has 0 bridgehead atoms. The summed E-state index contributed by atoms with van der Waals surface area (Å²) in [5.41, 5.74) is 6.12. The van der Waals surface area contributed by atoms with Gasteiger partial charge in [-0.05, 0) is 12.1 Å². The molecule has 0 saturated heterocycles. The van der Waals surface area contributed by atoms with Gasteiger partial charge in [0.25, 0.3) is 0 Å². The third-order valence-corrected chi connectivity index (χ3v) is 2.36. The minimum atomic E-state index is -0.692. The summed E-state index contributed by atoms with van der Waals surface area (Å²) in [6, 6.07) is 4.28. The molecular formula is C12H17NO4. The molecule has 0 aliphatic rings. The lowest BCUT2D eigenvalue weighted by Crippen LogP contribution is -2.35. The van der Waals surface area contributed by atoms with E-state index in [1.165, 1.54) is 14.2 Å². The van der Waals surface area contributed by atoms with Crippen molar-refractivity contribution in [2.45, 2.75) is 6.04 Å². The van der Waals surface area contributed by atoms with Gasteiger partial charge in [0.15, 0.2) is 5.78 Å². The van der Waals surface area contributed by atoms with Crippen LogP contribution in [-0.4, -0.2) is 39.8 Å². The molecule has 1 rings (SSSR count). The fourth-order valence-electron chi connectivity index (χ4n) is 1.46. The molecular weight excluding hydrogens is 222 g/mol. The molecule has 1 aromatic carbocycles. The van der Waals surface area contributed by atoms with E-state index < -0.39 is 6.04 Å². The van der Waals surface area contributed by atoms with E-state index in [1.54, 1.807) is 25.3 Å². The highest BCUT2D eigenvalue weighted by Crippen LogP contribution is 2.25. The first-order chi connectivity index (χ1) is 8.13. The molecule has 1 aromatic rings. The van der Waals surface area contributed by atoms with Crippen LogP contribution in [0.25, 0.3) is 0 Å². The molecule has 0 aliphatic carbocycles. The van der Waals surface area contributed by atoms with Gasteiger partial charge >= 0.3 is 0 Å². The molecule has 0 amide bonds.